The summed E-state index contributed by atoms with van der Waals surface area (Å²) in [5.41, 5.74) is 2.41. The minimum absolute atomic E-state index is 0.537. The van der Waals surface area contributed by atoms with E-state index >= 15 is 0 Å². The Bertz CT molecular complexity index is 671. The molecule has 6 heteroatoms. The first kappa shape index (κ1) is 13.7. The Kier molecular flexibility index (Phi) is 3.52. The summed E-state index contributed by atoms with van der Waals surface area (Å²) in [5, 5.41) is 10.7. The van der Waals surface area contributed by atoms with Gasteiger partial charge >= 0.3 is 0 Å². The van der Waals surface area contributed by atoms with E-state index in [1.54, 1.807) is 0 Å². The van der Waals surface area contributed by atoms with Gasteiger partial charge in [0.05, 0.1) is 0 Å². The summed E-state index contributed by atoms with van der Waals surface area (Å²) in [5.74, 6) is 3.88. The van der Waals surface area contributed by atoms with Gasteiger partial charge in [0.25, 0.3) is 0 Å². The zero-order valence-electron chi connectivity index (χ0n) is 13.0. The van der Waals surface area contributed by atoms with Crippen molar-refractivity contribution in [2.75, 3.05) is 5.32 Å². The van der Waals surface area contributed by atoms with Gasteiger partial charge in [-0.1, -0.05) is 19.3 Å². The molecular weight excluding hydrogens is 276 g/mol. The molecule has 0 radical (unpaired) electrons. The average Bonchev–Trinajstić information content (AvgIpc) is 3.17. The van der Waals surface area contributed by atoms with Crippen molar-refractivity contribution >= 4 is 11.8 Å². The van der Waals surface area contributed by atoms with Gasteiger partial charge in [0.15, 0.2) is 0 Å². The van der Waals surface area contributed by atoms with E-state index in [1.165, 1.54) is 43.4 Å². The fourth-order valence-corrected chi connectivity index (χ4v) is 3.65. The maximum atomic E-state index is 4.65. The Hall–Kier alpha value is -1.98. The minimum atomic E-state index is 0.537. The van der Waals surface area contributed by atoms with Crippen LogP contribution in [0.3, 0.4) is 0 Å². The number of aromatic amines is 1. The Labute approximate surface area is 130 Å². The highest BCUT2D eigenvalue weighted by Gasteiger charge is 2.21. The molecule has 0 aromatic carbocycles. The fourth-order valence-electron chi connectivity index (χ4n) is 3.65. The van der Waals surface area contributed by atoms with E-state index in [0.29, 0.717) is 11.9 Å². The Morgan fingerprint density at radius 3 is 2.73 bits per heavy atom. The van der Waals surface area contributed by atoms with E-state index in [1.807, 2.05) is 6.92 Å². The summed E-state index contributed by atoms with van der Waals surface area (Å²) >= 11 is 0. The first-order valence-corrected chi connectivity index (χ1v) is 8.35. The standard InChI is InChI=1S/C16H22N6/c1-10-17-13-9-5-8-12(13)15(18-10)20-16-19-14(21-22-16)11-6-3-2-4-7-11/h11H,2-9H2,1H3,(H2,17,18,19,20,21,22). The van der Waals surface area contributed by atoms with Crippen molar-refractivity contribution in [3.8, 4) is 0 Å². The number of nitrogens with zero attached hydrogens (tertiary/aromatic N) is 4. The maximum Gasteiger partial charge on any atom is 0.247 e. The first-order chi connectivity index (χ1) is 10.8. The number of H-pyrrole nitrogens is 1. The molecule has 6 nitrogen and oxygen atoms in total. The molecule has 116 valence electrons. The Morgan fingerprint density at radius 2 is 1.86 bits per heavy atom. The predicted molar refractivity (Wildman–Crippen MR) is 84.3 cm³/mol. The normalized spacial score (nSPS) is 18.4. The van der Waals surface area contributed by atoms with Crippen molar-refractivity contribution in [2.45, 2.75) is 64.2 Å². The monoisotopic (exact) mass is 298 g/mol. The highest BCUT2D eigenvalue weighted by molar-refractivity contribution is 5.55. The van der Waals surface area contributed by atoms with E-state index in [4.69, 9.17) is 0 Å². The summed E-state index contributed by atoms with van der Waals surface area (Å²) in [6.07, 6.45) is 9.63. The fraction of sp³-hybridized carbons (Fsp3) is 0.625. The minimum Gasteiger partial charge on any atom is -0.307 e. The molecule has 2 aromatic rings. The molecule has 2 aliphatic rings. The van der Waals surface area contributed by atoms with Gasteiger partial charge in [-0.2, -0.15) is 4.98 Å². The molecule has 22 heavy (non-hydrogen) atoms. The van der Waals surface area contributed by atoms with Crippen LogP contribution in [-0.2, 0) is 12.8 Å². The van der Waals surface area contributed by atoms with Gasteiger partial charge in [-0.05, 0) is 39.0 Å². The van der Waals surface area contributed by atoms with Crippen LogP contribution in [0.4, 0.5) is 11.8 Å². The molecule has 2 aliphatic carbocycles. The molecule has 0 aliphatic heterocycles. The lowest BCUT2D eigenvalue weighted by molar-refractivity contribution is 0.429. The number of fused-ring (bicyclic) bond motifs is 1. The zero-order valence-corrected chi connectivity index (χ0v) is 13.0. The molecule has 4 rings (SSSR count). The summed E-state index contributed by atoms with van der Waals surface area (Å²) < 4.78 is 0. The van der Waals surface area contributed by atoms with Crippen LogP contribution in [0.2, 0.25) is 0 Å². The van der Waals surface area contributed by atoms with Crippen LogP contribution in [0.1, 0.15) is 67.3 Å². The second-order valence-electron chi connectivity index (χ2n) is 6.40. The lowest BCUT2D eigenvalue weighted by Gasteiger charge is -2.18. The molecule has 0 atom stereocenters. The number of anilines is 2. The van der Waals surface area contributed by atoms with Crippen LogP contribution in [0.15, 0.2) is 0 Å². The molecule has 2 aromatic heterocycles. The van der Waals surface area contributed by atoms with E-state index in [0.717, 1.165) is 36.7 Å². The molecule has 2 N–H and O–H groups in total. The summed E-state index contributed by atoms with van der Waals surface area (Å²) in [4.78, 5) is 13.7. The van der Waals surface area contributed by atoms with Gasteiger partial charge in [-0.25, -0.2) is 9.97 Å². The quantitative estimate of drug-likeness (QED) is 0.909. The third-order valence-electron chi connectivity index (χ3n) is 4.77. The van der Waals surface area contributed by atoms with Crippen LogP contribution in [0.25, 0.3) is 0 Å². The molecule has 0 saturated heterocycles. The number of hydrogen-bond donors (Lipinski definition) is 2. The largest absolute Gasteiger partial charge is 0.307 e. The van der Waals surface area contributed by atoms with Crippen molar-refractivity contribution in [3.05, 3.63) is 22.9 Å². The summed E-state index contributed by atoms with van der Waals surface area (Å²) in [6, 6.07) is 0. The molecule has 0 bridgehead atoms. The molecule has 0 unspecified atom stereocenters. The van der Waals surface area contributed by atoms with Crippen LogP contribution < -0.4 is 5.32 Å². The summed E-state index contributed by atoms with van der Waals surface area (Å²) in [6.45, 7) is 1.94. The van der Waals surface area contributed by atoms with E-state index in [9.17, 15) is 0 Å². The highest BCUT2D eigenvalue weighted by atomic mass is 15.3. The lowest BCUT2D eigenvalue weighted by atomic mass is 9.89. The van der Waals surface area contributed by atoms with Crippen LogP contribution in [-0.4, -0.2) is 25.1 Å². The maximum absolute atomic E-state index is 4.65. The predicted octanol–water partition coefficient (Wildman–Crippen LogP) is 3.18. The first-order valence-electron chi connectivity index (χ1n) is 8.35. The molecular formula is C16H22N6. The van der Waals surface area contributed by atoms with Gasteiger partial charge in [-0.15, -0.1) is 5.10 Å². The van der Waals surface area contributed by atoms with Crippen LogP contribution in [0.5, 0.6) is 0 Å². The molecule has 0 spiro atoms. The van der Waals surface area contributed by atoms with Crippen molar-refractivity contribution in [2.24, 2.45) is 0 Å². The van der Waals surface area contributed by atoms with Crippen molar-refractivity contribution in [1.29, 1.82) is 0 Å². The SMILES string of the molecule is Cc1nc2c(c(Nc3n[nH]c(C4CCCCC4)n3)n1)CCC2. The Balaban J connectivity index is 1.56. The third kappa shape index (κ3) is 2.58. The highest BCUT2D eigenvalue weighted by Crippen LogP contribution is 2.32. The van der Waals surface area contributed by atoms with E-state index < -0.39 is 0 Å². The second kappa shape index (κ2) is 5.66. The lowest BCUT2D eigenvalue weighted by Crippen LogP contribution is -2.06. The number of rotatable bonds is 3. The molecule has 1 saturated carbocycles. The number of hydrogen-bond acceptors (Lipinski definition) is 5. The molecule has 0 amide bonds. The van der Waals surface area contributed by atoms with E-state index in [2.05, 4.69) is 30.5 Å². The van der Waals surface area contributed by atoms with Gasteiger partial charge in [-0.3, -0.25) is 5.10 Å². The number of aryl methyl sites for hydroxylation is 2. The smallest absolute Gasteiger partial charge is 0.247 e. The zero-order chi connectivity index (χ0) is 14.9. The number of aromatic nitrogens is 5. The van der Waals surface area contributed by atoms with Gasteiger partial charge in [0.1, 0.15) is 17.5 Å². The molecule has 2 heterocycles. The van der Waals surface area contributed by atoms with E-state index in [-0.39, 0.29) is 0 Å². The average molecular weight is 298 g/mol. The van der Waals surface area contributed by atoms with Crippen molar-refractivity contribution < 1.29 is 0 Å². The summed E-state index contributed by atoms with van der Waals surface area (Å²) in [7, 11) is 0. The second-order valence-corrected chi connectivity index (χ2v) is 6.40. The number of nitrogens with one attached hydrogen (secondary N) is 2. The van der Waals surface area contributed by atoms with Gasteiger partial charge in [0, 0.05) is 17.2 Å². The van der Waals surface area contributed by atoms with Crippen LogP contribution in [0, 0.1) is 6.92 Å². The van der Waals surface area contributed by atoms with Gasteiger partial charge in [0.2, 0.25) is 5.95 Å². The van der Waals surface area contributed by atoms with Crippen LogP contribution >= 0.6 is 0 Å². The molecule has 1 fully saturated rings. The van der Waals surface area contributed by atoms with Crippen molar-refractivity contribution in [3.63, 3.8) is 0 Å². The topological polar surface area (TPSA) is 79.4 Å². The Morgan fingerprint density at radius 1 is 1.00 bits per heavy atom. The van der Waals surface area contributed by atoms with Crippen molar-refractivity contribution in [1.82, 2.24) is 25.1 Å². The van der Waals surface area contributed by atoms with Gasteiger partial charge < -0.3 is 5.32 Å². The third-order valence-corrected chi connectivity index (χ3v) is 4.77.